The number of halogens is 1. The summed E-state index contributed by atoms with van der Waals surface area (Å²) >= 11 is 7.67. The number of hydrogen-bond acceptors (Lipinski definition) is 4. The van der Waals surface area contributed by atoms with Crippen LogP contribution in [0.25, 0.3) is 0 Å². The van der Waals surface area contributed by atoms with E-state index in [4.69, 9.17) is 11.6 Å². The summed E-state index contributed by atoms with van der Waals surface area (Å²) < 4.78 is 0. The molecule has 7 heteroatoms. The number of hydrogen-bond donors (Lipinski definition) is 2. The third kappa shape index (κ3) is 5.15. The van der Waals surface area contributed by atoms with Crippen LogP contribution in [0.2, 0.25) is 5.02 Å². The highest BCUT2D eigenvalue weighted by Gasteiger charge is 2.27. The van der Waals surface area contributed by atoms with Crippen LogP contribution in [0.1, 0.15) is 27.6 Å². The van der Waals surface area contributed by atoms with Gasteiger partial charge in [-0.05, 0) is 53.6 Å². The highest BCUT2D eigenvalue weighted by molar-refractivity contribution is 7.10. The van der Waals surface area contributed by atoms with Crippen LogP contribution in [0.5, 0.6) is 0 Å². The minimum Gasteiger partial charge on any atom is -0.346 e. The molecule has 1 aliphatic rings. The molecule has 160 valence electrons. The number of rotatable bonds is 5. The molecule has 3 aromatic rings. The van der Waals surface area contributed by atoms with Crippen LogP contribution in [-0.4, -0.2) is 29.8 Å². The molecule has 2 amide bonds. The maximum Gasteiger partial charge on any atom is 0.313 e. The Hall–Kier alpha value is -2.67. The predicted molar refractivity (Wildman–Crippen MR) is 125 cm³/mol. The zero-order chi connectivity index (χ0) is 21.8. The fraction of sp³-hybridized carbons (Fsp3) is 0.250. The topological polar surface area (TPSA) is 61.4 Å². The molecule has 0 saturated heterocycles. The van der Waals surface area contributed by atoms with Gasteiger partial charge in [0.15, 0.2) is 0 Å². The van der Waals surface area contributed by atoms with Crippen molar-refractivity contribution in [2.45, 2.75) is 25.9 Å². The van der Waals surface area contributed by atoms with E-state index in [1.807, 2.05) is 18.4 Å². The average Bonchev–Trinajstić information content (AvgIpc) is 3.30. The largest absolute Gasteiger partial charge is 0.346 e. The third-order valence-electron chi connectivity index (χ3n) is 5.58. The van der Waals surface area contributed by atoms with Crippen LogP contribution in [0.15, 0.2) is 60.0 Å². The van der Waals surface area contributed by atoms with Crippen LogP contribution in [0, 0.1) is 6.92 Å². The molecule has 0 aliphatic carbocycles. The number of anilines is 1. The number of amides is 2. The predicted octanol–water partition coefficient (Wildman–Crippen LogP) is 4.56. The van der Waals surface area contributed by atoms with E-state index in [2.05, 4.69) is 45.9 Å². The zero-order valence-electron chi connectivity index (χ0n) is 17.2. The number of carbonyl (C=O) groups is 2. The molecule has 0 radical (unpaired) electrons. The van der Waals surface area contributed by atoms with E-state index in [0.29, 0.717) is 17.3 Å². The Balaban J connectivity index is 1.43. The van der Waals surface area contributed by atoms with Crippen molar-refractivity contribution in [3.05, 3.63) is 86.6 Å². The summed E-state index contributed by atoms with van der Waals surface area (Å²) in [4.78, 5) is 28.5. The Morgan fingerprint density at radius 3 is 2.68 bits per heavy atom. The Morgan fingerprint density at radius 2 is 1.90 bits per heavy atom. The van der Waals surface area contributed by atoms with Crippen molar-refractivity contribution in [2.24, 2.45) is 0 Å². The Bertz CT molecular complexity index is 1080. The Labute approximate surface area is 191 Å². The molecule has 5 nitrogen and oxygen atoms in total. The van der Waals surface area contributed by atoms with E-state index < -0.39 is 11.8 Å². The summed E-state index contributed by atoms with van der Waals surface area (Å²) in [5, 5.41) is 8.03. The number of benzene rings is 2. The summed E-state index contributed by atoms with van der Waals surface area (Å²) in [6.07, 6.45) is 0.973. The number of aryl methyl sites for hydroxylation is 1. The number of thiophene rings is 1. The number of carbonyl (C=O) groups excluding carboxylic acids is 2. The first-order chi connectivity index (χ1) is 15.0. The van der Waals surface area contributed by atoms with Crippen molar-refractivity contribution in [1.82, 2.24) is 10.2 Å². The molecule has 4 rings (SSSR count). The zero-order valence-corrected chi connectivity index (χ0v) is 18.8. The lowest BCUT2D eigenvalue weighted by atomic mass is 9.98. The molecule has 2 aromatic carbocycles. The third-order valence-corrected chi connectivity index (χ3v) is 6.79. The smallest absolute Gasteiger partial charge is 0.313 e. The molecule has 1 atom stereocenters. The van der Waals surface area contributed by atoms with Crippen molar-refractivity contribution in [3.63, 3.8) is 0 Å². The molecule has 0 fully saturated rings. The summed E-state index contributed by atoms with van der Waals surface area (Å²) in [6, 6.07) is 17.8. The normalized spacial score (nSPS) is 14.5. The van der Waals surface area contributed by atoms with Crippen LogP contribution >= 0.6 is 22.9 Å². The average molecular weight is 454 g/mol. The lowest BCUT2D eigenvalue weighted by molar-refractivity contribution is -0.136. The van der Waals surface area contributed by atoms with Crippen LogP contribution in [0.4, 0.5) is 5.69 Å². The monoisotopic (exact) mass is 453 g/mol. The molecule has 0 bridgehead atoms. The molecule has 1 aliphatic heterocycles. The number of nitrogens with zero attached hydrogens (tertiary/aromatic N) is 1. The first-order valence-corrected chi connectivity index (χ1v) is 11.5. The molecule has 0 saturated carbocycles. The second kappa shape index (κ2) is 9.64. The van der Waals surface area contributed by atoms with Gasteiger partial charge < -0.3 is 10.6 Å². The van der Waals surface area contributed by atoms with Crippen molar-refractivity contribution >= 4 is 40.4 Å². The number of fused-ring (bicyclic) bond motifs is 1. The molecule has 0 spiro atoms. The van der Waals surface area contributed by atoms with Gasteiger partial charge in [-0.15, -0.1) is 11.3 Å². The van der Waals surface area contributed by atoms with Gasteiger partial charge in [-0.3, -0.25) is 14.5 Å². The molecule has 31 heavy (non-hydrogen) atoms. The van der Waals surface area contributed by atoms with E-state index in [9.17, 15) is 9.59 Å². The van der Waals surface area contributed by atoms with E-state index in [-0.39, 0.29) is 6.04 Å². The van der Waals surface area contributed by atoms with Gasteiger partial charge >= 0.3 is 11.8 Å². The molecule has 0 unspecified atom stereocenters. The van der Waals surface area contributed by atoms with Gasteiger partial charge in [0.1, 0.15) is 0 Å². The van der Waals surface area contributed by atoms with Gasteiger partial charge in [-0.1, -0.05) is 48.0 Å². The van der Waals surface area contributed by atoms with Gasteiger partial charge in [-0.25, -0.2) is 0 Å². The lowest BCUT2D eigenvalue weighted by Gasteiger charge is -2.35. The summed E-state index contributed by atoms with van der Waals surface area (Å²) in [5.74, 6) is -1.35. The van der Waals surface area contributed by atoms with Gasteiger partial charge in [0.05, 0.1) is 6.04 Å². The van der Waals surface area contributed by atoms with E-state index in [1.54, 1.807) is 29.5 Å². The number of nitrogens with one attached hydrogen (secondary N) is 2. The summed E-state index contributed by atoms with van der Waals surface area (Å²) in [6.45, 7) is 3.94. The first-order valence-electron chi connectivity index (χ1n) is 10.2. The summed E-state index contributed by atoms with van der Waals surface area (Å²) in [5.41, 5.74) is 4.07. The van der Waals surface area contributed by atoms with Crippen LogP contribution in [0.3, 0.4) is 0 Å². The highest BCUT2D eigenvalue weighted by Crippen LogP contribution is 2.30. The highest BCUT2D eigenvalue weighted by atomic mass is 35.5. The maximum atomic E-state index is 12.5. The molecule has 2 N–H and O–H groups in total. The van der Waals surface area contributed by atoms with Crippen molar-refractivity contribution < 1.29 is 9.59 Å². The van der Waals surface area contributed by atoms with Gasteiger partial charge in [0.25, 0.3) is 0 Å². The quantitative estimate of drug-likeness (QED) is 0.556. The second-order valence-corrected chi connectivity index (χ2v) is 9.06. The van der Waals surface area contributed by atoms with Gasteiger partial charge in [-0.2, -0.15) is 0 Å². The standard InChI is InChI=1S/C24H24ClN3O2S/c1-16-8-9-19(25)13-20(16)27-24(30)23(29)26-14-21(22-7-4-12-31-22)28-11-10-17-5-2-3-6-18(17)15-28/h2-9,12-13,21H,10-11,14-15H2,1H3,(H,26,29)(H,27,30)/t21-/m1/s1. The lowest BCUT2D eigenvalue weighted by Crippen LogP contribution is -2.43. The minimum absolute atomic E-state index is 0.0120. The maximum absolute atomic E-state index is 12.5. The second-order valence-electron chi connectivity index (χ2n) is 7.64. The minimum atomic E-state index is -0.695. The molecular formula is C24H24ClN3O2S. The van der Waals surface area contributed by atoms with Gasteiger partial charge in [0, 0.05) is 35.2 Å². The van der Waals surface area contributed by atoms with Crippen molar-refractivity contribution in [1.29, 1.82) is 0 Å². The Morgan fingerprint density at radius 1 is 1.10 bits per heavy atom. The van der Waals surface area contributed by atoms with Crippen LogP contribution in [-0.2, 0) is 22.6 Å². The van der Waals surface area contributed by atoms with E-state index in [0.717, 1.165) is 25.1 Å². The van der Waals surface area contributed by atoms with Gasteiger partial charge in [0.2, 0.25) is 0 Å². The summed E-state index contributed by atoms with van der Waals surface area (Å²) in [7, 11) is 0. The van der Waals surface area contributed by atoms with Crippen molar-refractivity contribution in [2.75, 3.05) is 18.4 Å². The molecule has 2 heterocycles. The fourth-order valence-electron chi connectivity index (χ4n) is 3.85. The Kier molecular flexibility index (Phi) is 6.70. The first kappa shape index (κ1) is 21.6. The SMILES string of the molecule is Cc1ccc(Cl)cc1NC(=O)C(=O)NC[C@H](c1cccs1)N1CCc2ccccc2C1. The fourth-order valence-corrected chi connectivity index (χ4v) is 4.88. The van der Waals surface area contributed by atoms with Crippen molar-refractivity contribution in [3.8, 4) is 0 Å². The molecular weight excluding hydrogens is 430 g/mol. The van der Waals surface area contributed by atoms with E-state index >= 15 is 0 Å². The molecule has 1 aromatic heterocycles. The van der Waals surface area contributed by atoms with E-state index in [1.165, 1.54) is 16.0 Å². The van der Waals surface area contributed by atoms with Crippen LogP contribution < -0.4 is 10.6 Å².